The van der Waals surface area contributed by atoms with Crippen LogP contribution in [-0.2, 0) is 9.59 Å². The average molecular weight is 157 g/mol. The van der Waals surface area contributed by atoms with Gasteiger partial charge in [-0.15, -0.1) is 0 Å². The quantitative estimate of drug-likeness (QED) is 0.403. The Kier molecular flexibility index (Phi) is 2.05. The van der Waals surface area contributed by atoms with Crippen LogP contribution in [0.1, 0.15) is 0 Å². The largest absolute Gasteiger partial charge is 0.345 e. The number of urea groups is 1. The second kappa shape index (κ2) is 3.00. The number of hydrogen-bond donors (Lipinski definition) is 3. The molecule has 0 bridgehead atoms. The first kappa shape index (κ1) is 7.52. The van der Waals surface area contributed by atoms with Gasteiger partial charge < -0.3 is 10.6 Å². The molecule has 1 fully saturated rings. The fourth-order valence-electron chi connectivity index (χ4n) is 0.747. The molecule has 0 aromatic rings. The van der Waals surface area contributed by atoms with E-state index in [0.717, 1.165) is 0 Å². The van der Waals surface area contributed by atoms with Crippen molar-refractivity contribution in [3.63, 3.8) is 0 Å². The first-order valence-electron chi connectivity index (χ1n) is 3.02. The van der Waals surface area contributed by atoms with E-state index in [-0.39, 0.29) is 6.54 Å². The Hall–Kier alpha value is -1.59. The van der Waals surface area contributed by atoms with Crippen LogP contribution in [-0.4, -0.2) is 30.9 Å². The topological polar surface area (TPSA) is 87.3 Å². The van der Waals surface area contributed by atoms with Crippen LogP contribution in [0.15, 0.2) is 0 Å². The van der Waals surface area contributed by atoms with Crippen molar-refractivity contribution in [1.29, 1.82) is 0 Å². The molecular weight excluding hydrogens is 150 g/mol. The lowest BCUT2D eigenvalue weighted by atomic mass is 10.2. The first-order chi connectivity index (χ1) is 5.24. The minimum atomic E-state index is -0.648. The summed E-state index contributed by atoms with van der Waals surface area (Å²) in [5.74, 6) is -0.485. The fourth-order valence-corrected chi connectivity index (χ4v) is 0.747. The highest BCUT2D eigenvalue weighted by Crippen LogP contribution is 1.86. The van der Waals surface area contributed by atoms with Gasteiger partial charge in [0.2, 0.25) is 6.41 Å². The highest BCUT2D eigenvalue weighted by atomic mass is 16.2. The van der Waals surface area contributed by atoms with Gasteiger partial charge in [0.15, 0.2) is 0 Å². The van der Waals surface area contributed by atoms with E-state index < -0.39 is 18.0 Å². The molecule has 1 heterocycles. The van der Waals surface area contributed by atoms with Crippen molar-refractivity contribution in [3.05, 3.63) is 0 Å². The van der Waals surface area contributed by atoms with Crippen molar-refractivity contribution in [2.75, 3.05) is 6.54 Å². The van der Waals surface area contributed by atoms with Crippen molar-refractivity contribution in [3.8, 4) is 0 Å². The Bertz CT molecular complexity index is 203. The van der Waals surface area contributed by atoms with Gasteiger partial charge >= 0.3 is 6.03 Å². The predicted octanol–water partition coefficient (Wildman–Crippen LogP) is -2.06. The maximum Gasteiger partial charge on any atom is 0.321 e. The molecule has 0 saturated carbocycles. The summed E-state index contributed by atoms with van der Waals surface area (Å²) in [4.78, 5) is 31.2. The summed E-state index contributed by atoms with van der Waals surface area (Å²) < 4.78 is 0. The summed E-state index contributed by atoms with van der Waals surface area (Å²) in [5.41, 5.74) is 0. The number of imide groups is 1. The van der Waals surface area contributed by atoms with Crippen molar-refractivity contribution < 1.29 is 14.4 Å². The Morgan fingerprint density at radius 3 is 2.82 bits per heavy atom. The van der Waals surface area contributed by atoms with Crippen LogP contribution in [0.25, 0.3) is 0 Å². The molecule has 4 amide bonds. The third-order valence-electron chi connectivity index (χ3n) is 1.29. The second-order valence-corrected chi connectivity index (χ2v) is 2.04. The fraction of sp³-hybridized carbons (Fsp3) is 0.400. The van der Waals surface area contributed by atoms with Crippen LogP contribution in [0.3, 0.4) is 0 Å². The molecule has 3 N–H and O–H groups in total. The zero-order valence-electron chi connectivity index (χ0n) is 5.59. The summed E-state index contributed by atoms with van der Waals surface area (Å²) in [7, 11) is 0. The molecular formula is C5H7N3O3. The van der Waals surface area contributed by atoms with E-state index >= 15 is 0 Å². The zero-order valence-corrected chi connectivity index (χ0v) is 5.59. The molecule has 0 unspecified atom stereocenters. The van der Waals surface area contributed by atoms with Gasteiger partial charge in [-0.05, 0) is 0 Å². The summed E-state index contributed by atoms with van der Waals surface area (Å²) in [6.45, 7) is 0.142. The Labute approximate surface area is 62.3 Å². The highest BCUT2D eigenvalue weighted by Gasteiger charge is 2.24. The maximum absolute atomic E-state index is 10.8. The SMILES string of the molecule is O=CN[C@H]1CNC(=O)NC1=O. The van der Waals surface area contributed by atoms with Crippen molar-refractivity contribution in [2.45, 2.75) is 6.04 Å². The van der Waals surface area contributed by atoms with Gasteiger partial charge in [-0.3, -0.25) is 14.9 Å². The van der Waals surface area contributed by atoms with E-state index in [1.165, 1.54) is 0 Å². The number of carbonyl (C=O) groups is 3. The molecule has 1 saturated heterocycles. The van der Waals surface area contributed by atoms with Crippen molar-refractivity contribution in [2.24, 2.45) is 0 Å². The van der Waals surface area contributed by atoms with E-state index in [1.54, 1.807) is 0 Å². The zero-order chi connectivity index (χ0) is 8.27. The second-order valence-electron chi connectivity index (χ2n) is 2.04. The number of hydrogen-bond acceptors (Lipinski definition) is 3. The highest BCUT2D eigenvalue weighted by molar-refractivity contribution is 6.00. The Morgan fingerprint density at radius 1 is 1.55 bits per heavy atom. The summed E-state index contributed by atoms with van der Waals surface area (Å²) in [6.07, 6.45) is 0.418. The van der Waals surface area contributed by atoms with E-state index in [0.29, 0.717) is 6.41 Å². The lowest BCUT2D eigenvalue weighted by Crippen LogP contribution is -2.59. The molecule has 60 valence electrons. The molecule has 1 aliphatic rings. The van der Waals surface area contributed by atoms with E-state index in [2.05, 4.69) is 10.6 Å². The van der Waals surface area contributed by atoms with Crippen molar-refractivity contribution in [1.82, 2.24) is 16.0 Å². The summed E-state index contributed by atoms with van der Waals surface area (Å²) in [5, 5.41) is 6.61. The van der Waals surface area contributed by atoms with E-state index in [1.807, 2.05) is 5.32 Å². The lowest BCUT2D eigenvalue weighted by molar-refractivity contribution is -0.124. The number of carbonyl (C=O) groups excluding carboxylic acids is 3. The Balaban J connectivity index is 2.50. The summed E-state index contributed by atoms with van der Waals surface area (Å²) in [6, 6.07) is -1.18. The maximum atomic E-state index is 10.8. The van der Waals surface area contributed by atoms with Gasteiger partial charge in [-0.1, -0.05) is 0 Å². The average Bonchev–Trinajstić information content (AvgIpc) is 1.95. The van der Waals surface area contributed by atoms with Gasteiger partial charge in [0.1, 0.15) is 6.04 Å². The van der Waals surface area contributed by atoms with Gasteiger partial charge in [0.05, 0.1) is 0 Å². The standard InChI is InChI=1S/C5H7N3O3/c9-2-7-3-1-6-5(11)8-4(3)10/h2-3H,1H2,(H,7,9)(H2,6,8,10,11)/t3-/m0/s1. The molecule has 1 aliphatic heterocycles. The van der Waals surface area contributed by atoms with Crippen LogP contribution < -0.4 is 16.0 Å². The van der Waals surface area contributed by atoms with Gasteiger partial charge in [-0.25, -0.2) is 4.79 Å². The molecule has 6 nitrogen and oxygen atoms in total. The van der Waals surface area contributed by atoms with Crippen molar-refractivity contribution >= 4 is 18.3 Å². The molecule has 0 aromatic heterocycles. The predicted molar refractivity (Wildman–Crippen MR) is 34.5 cm³/mol. The van der Waals surface area contributed by atoms with Crippen LogP contribution in [0.2, 0.25) is 0 Å². The monoisotopic (exact) mass is 157 g/mol. The first-order valence-corrected chi connectivity index (χ1v) is 3.02. The van der Waals surface area contributed by atoms with Gasteiger partial charge in [0, 0.05) is 6.54 Å². The van der Waals surface area contributed by atoms with Gasteiger partial charge in [0.25, 0.3) is 5.91 Å². The molecule has 0 radical (unpaired) electrons. The van der Waals surface area contributed by atoms with Crippen LogP contribution in [0.5, 0.6) is 0 Å². The molecule has 1 atom stereocenters. The van der Waals surface area contributed by atoms with E-state index in [9.17, 15) is 14.4 Å². The van der Waals surface area contributed by atoms with Crippen LogP contribution >= 0.6 is 0 Å². The van der Waals surface area contributed by atoms with Crippen LogP contribution in [0.4, 0.5) is 4.79 Å². The van der Waals surface area contributed by atoms with E-state index in [4.69, 9.17) is 0 Å². The van der Waals surface area contributed by atoms with Gasteiger partial charge in [-0.2, -0.15) is 0 Å². The molecule has 0 aliphatic carbocycles. The molecule has 0 spiro atoms. The lowest BCUT2D eigenvalue weighted by Gasteiger charge is -2.20. The summed E-state index contributed by atoms with van der Waals surface area (Å²) >= 11 is 0. The number of rotatable bonds is 2. The van der Waals surface area contributed by atoms with Crippen LogP contribution in [0, 0.1) is 0 Å². The normalized spacial score (nSPS) is 23.5. The number of nitrogens with one attached hydrogen (secondary N) is 3. The minimum absolute atomic E-state index is 0.142. The molecule has 6 heteroatoms. The number of amides is 4. The molecule has 0 aromatic carbocycles. The Morgan fingerprint density at radius 2 is 2.27 bits per heavy atom. The minimum Gasteiger partial charge on any atom is -0.345 e. The molecule has 1 rings (SSSR count). The smallest absolute Gasteiger partial charge is 0.321 e. The third kappa shape index (κ3) is 1.66. The molecule has 11 heavy (non-hydrogen) atoms. The third-order valence-corrected chi connectivity index (χ3v) is 1.29.